The van der Waals surface area contributed by atoms with Crippen molar-refractivity contribution in [1.82, 2.24) is 0 Å². The summed E-state index contributed by atoms with van der Waals surface area (Å²) in [7, 11) is 0. The summed E-state index contributed by atoms with van der Waals surface area (Å²) in [4.78, 5) is 0. The van der Waals surface area contributed by atoms with Crippen LogP contribution in [0.2, 0.25) is 0 Å². The molecule has 14 heavy (non-hydrogen) atoms. The fraction of sp³-hybridized carbons (Fsp3) is 0.200. The molecule has 1 aromatic heterocycles. The van der Waals surface area contributed by atoms with E-state index in [9.17, 15) is 8.78 Å². The second-order valence-corrected chi connectivity index (χ2v) is 3.95. The lowest BCUT2D eigenvalue weighted by atomic mass is 10.1. The van der Waals surface area contributed by atoms with Gasteiger partial charge in [-0.2, -0.15) is 0 Å². The Bertz CT molecular complexity index is 476. The molecule has 4 heteroatoms. The van der Waals surface area contributed by atoms with Crippen LogP contribution >= 0.6 is 15.9 Å². The minimum Gasteiger partial charge on any atom is -0.455 e. The van der Waals surface area contributed by atoms with Crippen LogP contribution < -0.4 is 0 Å². The largest absolute Gasteiger partial charge is 0.455 e. The van der Waals surface area contributed by atoms with Crippen molar-refractivity contribution in [3.63, 3.8) is 0 Å². The lowest BCUT2D eigenvalue weighted by Gasteiger charge is -1.93. The number of aryl methyl sites for hydroxylation is 1. The number of furan rings is 1. The number of halogens is 3. The Morgan fingerprint density at radius 2 is 2.07 bits per heavy atom. The van der Waals surface area contributed by atoms with Gasteiger partial charge in [0.1, 0.15) is 5.58 Å². The molecule has 74 valence electrons. The fourth-order valence-corrected chi connectivity index (χ4v) is 1.78. The van der Waals surface area contributed by atoms with Gasteiger partial charge in [-0.3, -0.25) is 0 Å². The summed E-state index contributed by atoms with van der Waals surface area (Å²) in [6.07, 6.45) is -2.55. The zero-order valence-electron chi connectivity index (χ0n) is 7.35. The van der Waals surface area contributed by atoms with E-state index in [1.165, 1.54) is 0 Å². The van der Waals surface area contributed by atoms with Crippen molar-refractivity contribution in [3.8, 4) is 0 Å². The van der Waals surface area contributed by atoms with Gasteiger partial charge in [0.15, 0.2) is 5.76 Å². The number of hydrogen-bond donors (Lipinski definition) is 0. The fourth-order valence-electron chi connectivity index (χ4n) is 1.42. The molecule has 0 saturated carbocycles. The Hall–Kier alpha value is -0.900. The van der Waals surface area contributed by atoms with Crippen LogP contribution in [-0.4, -0.2) is 0 Å². The van der Waals surface area contributed by atoms with Gasteiger partial charge in [0.25, 0.3) is 6.43 Å². The van der Waals surface area contributed by atoms with Crippen LogP contribution in [0.5, 0.6) is 0 Å². The predicted molar refractivity (Wildman–Crippen MR) is 53.6 cm³/mol. The third-order valence-electron chi connectivity index (χ3n) is 2.13. The van der Waals surface area contributed by atoms with Crippen LogP contribution in [0.3, 0.4) is 0 Å². The monoisotopic (exact) mass is 260 g/mol. The highest BCUT2D eigenvalue weighted by Gasteiger charge is 2.18. The molecule has 0 fully saturated rings. The SMILES string of the molecule is Cc1c(C(F)F)oc2ccc(Br)cc12. The molecule has 0 saturated heterocycles. The summed E-state index contributed by atoms with van der Waals surface area (Å²) >= 11 is 3.28. The smallest absolute Gasteiger partial charge is 0.295 e. The summed E-state index contributed by atoms with van der Waals surface area (Å²) in [6.45, 7) is 1.64. The Balaban J connectivity index is 2.74. The highest BCUT2D eigenvalue weighted by molar-refractivity contribution is 9.10. The first kappa shape index (κ1) is 9.65. The molecular formula is C10H7BrF2O. The van der Waals surface area contributed by atoms with Crippen LogP contribution in [0.15, 0.2) is 27.1 Å². The highest BCUT2D eigenvalue weighted by atomic mass is 79.9. The maximum Gasteiger partial charge on any atom is 0.295 e. The maximum absolute atomic E-state index is 12.5. The van der Waals surface area contributed by atoms with Crippen LogP contribution in [0.4, 0.5) is 8.78 Å². The average molecular weight is 261 g/mol. The van der Waals surface area contributed by atoms with Gasteiger partial charge in [-0.1, -0.05) is 15.9 Å². The van der Waals surface area contributed by atoms with Gasteiger partial charge in [0.05, 0.1) is 0 Å². The minimum atomic E-state index is -2.55. The number of alkyl halides is 2. The molecule has 1 nitrogen and oxygen atoms in total. The van der Waals surface area contributed by atoms with E-state index in [1.54, 1.807) is 25.1 Å². The van der Waals surface area contributed by atoms with E-state index in [1.807, 2.05) is 0 Å². The molecule has 0 spiro atoms. The zero-order valence-corrected chi connectivity index (χ0v) is 8.94. The van der Waals surface area contributed by atoms with Crippen LogP contribution in [0.1, 0.15) is 17.7 Å². The van der Waals surface area contributed by atoms with Gasteiger partial charge in [-0.15, -0.1) is 0 Å². The molecule has 0 aliphatic carbocycles. The standard InChI is InChI=1S/C10H7BrF2O/c1-5-7-4-6(11)2-3-8(7)14-9(5)10(12)13/h2-4,10H,1H3. The molecular weight excluding hydrogens is 254 g/mol. The average Bonchev–Trinajstić information content (AvgIpc) is 2.44. The molecule has 0 atom stereocenters. The molecule has 0 N–H and O–H groups in total. The molecule has 1 heterocycles. The second-order valence-electron chi connectivity index (χ2n) is 3.03. The van der Waals surface area contributed by atoms with E-state index in [0.29, 0.717) is 11.1 Å². The summed E-state index contributed by atoms with van der Waals surface area (Å²) < 4.78 is 30.8. The minimum absolute atomic E-state index is 0.238. The van der Waals surface area contributed by atoms with E-state index >= 15 is 0 Å². The van der Waals surface area contributed by atoms with Gasteiger partial charge in [-0.05, 0) is 25.1 Å². The predicted octanol–water partition coefficient (Wildman–Crippen LogP) is 4.44. The number of rotatable bonds is 1. The maximum atomic E-state index is 12.5. The topological polar surface area (TPSA) is 13.1 Å². The molecule has 1 aromatic carbocycles. The molecule has 0 radical (unpaired) electrons. The normalized spacial score (nSPS) is 11.5. The van der Waals surface area contributed by atoms with Crippen molar-refractivity contribution in [2.24, 2.45) is 0 Å². The molecule has 2 aromatic rings. The quantitative estimate of drug-likeness (QED) is 0.739. The first-order chi connectivity index (χ1) is 6.59. The van der Waals surface area contributed by atoms with Gasteiger partial charge in [0.2, 0.25) is 0 Å². The first-order valence-corrected chi connectivity index (χ1v) is 4.85. The van der Waals surface area contributed by atoms with Gasteiger partial charge in [0, 0.05) is 15.4 Å². The molecule has 0 aliphatic rings. The van der Waals surface area contributed by atoms with Crippen LogP contribution in [0, 0.1) is 6.92 Å². The summed E-state index contributed by atoms with van der Waals surface area (Å²) in [5, 5.41) is 0.731. The Morgan fingerprint density at radius 3 is 2.71 bits per heavy atom. The Labute approximate surface area is 87.8 Å². The van der Waals surface area contributed by atoms with Crippen LogP contribution in [0.25, 0.3) is 11.0 Å². The number of benzene rings is 1. The van der Waals surface area contributed by atoms with E-state index in [0.717, 1.165) is 9.86 Å². The van der Waals surface area contributed by atoms with Crippen LogP contribution in [-0.2, 0) is 0 Å². The Kier molecular flexibility index (Phi) is 2.31. The molecule has 2 rings (SSSR count). The molecule has 0 bridgehead atoms. The Morgan fingerprint density at radius 1 is 1.36 bits per heavy atom. The summed E-state index contributed by atoms with van der Waals surface area (Å²) in [5.41, 5.74) is 1.01. The van der Waals surface area contributed by atoms with Crippen molar-refractivity contribution in [3.05, 3.63) is 34.0 Å². The van der Waals surface area contributed by atoms with E-state index in [2.05, 4.69) is 15.9 Å². The molecule has 0 aliphatic heterocycles. The van der Waals surface area contributed by atoms with Gasteiger partial charge >= 0.3 is 0 Å². The van der Waals surface area contributed by atoms with Crippen molar-refractivity contribution in [2.75, 3.05) is 0 Å². The van der Waals surface area contributed by atoms with Crippen molar-refractivity contribution in [2.45, 2.75) is 13.3 Å². The summed E-state index contributed by atoms with van der Waals surface area (Å²) in [6, 6.07) is 5.22. The van der Waals surface area contributed by atoms with E-state index < -0.39 is 6.43 Å². The second kappa shape index (κ2) is 3.35. The van der Waals surface area contributed by atoms with E-state index in [4.69, 9.17) is 4.42 Å². The number of hydrogen-bond acceptors (Lipinski definition) is 1. The lowest BCUT2D eigenvalue weighted by Crippen LogP contribution is -1.81. The molecule has 0 amide bonds. The third-order valence-corrected chi connectivity index (χ3v) is 2.63. The lowest BCUT2D eigenvalue weighted by molar-refractivity contribution is 0.123. The number of fused-ring (bicyclic) bond motifs is 1. The molecule has 0 unspecified atom stereocenters. The van der Waals surface area contributed by atoms with E-state index in [-0.39, 0.29) is 5.76 Å². The zero-order chi connectivity index (χ0) is 10.3. The van der Waals surface area contributed by atoms with Gasteiger partial charge < -0.3 is 4.42 Å². The first-order valence-electron chi connectivity index (χ1n) is 4.06. The summed E-state index contributed by atoms with van der Waals surface area (Å²) in [5.74, 6) is -0.238. The van der Waals surface area contributed by atoms with Crippen molar-refractivity contribution >= 4 is 26.9 Å². The third kappa shape index (κ3) is 1.43. The van der Waals surface area contributed by atoms with Crippen molar-refractivity contribution < 1.29 is 13.2 Å². The highest BCUT2D eigenvalue weighted by Crippen LogP contribution is 2.33. The van der Waals surface area contributed by atoms with Gasteiger partial charge in [-0.25, -0.2) is 8.78 Å². The van der Waals surface area contributed by atoms with Crippen molar-refractivity contribution in [1.29, 1.82) is 0 Å².